The summed E-state index contributed by atoms with van der Waals surface area (Å²) in [5, 5.41) is 2.61. The molecule has 0 bridgehead atoms. The van der Waals surface area contributed by atoms with E-state index in [1.807, 2.05) is 0 Å². The lowest BCUT2D eigenvalue weighted by Crippen LogP contribution is -2.32. The second-order valence-electron chi connectivity index (χ2n) is 4.71. The van der Waals surface area contributed by atoms with Crippen LogP contribution in [0, 0.1) is 11.7 Å². The van der Waals surface area contributed by atoms with Gasteiger partial charge in [0.2, 0.25) is 0 Å². The van der Waals surface area contributed by atoms with Crippen LogP contribution in [-0.4, -0.2) is 20.9 Å². The first-order valence-corrected chi connectivity index (χ1v) is 9.11. The van der Waals surface area contributed by atoms with Gasteiger partial charge in [0, 0.05) is 21.7 Å². The van der Waals surface area contributed by atoms with Crippen molar-refractivity contribution in [1.29, 1.82) is 0 Å². The molecule has 0 heterocycles. The second-order valence-corrected chi connectivity index (χ2v) is 8.10. The molecule has 1 amide bonds. The van der Waals surface area contributed by atoms with Crippen molar-refractivity contribution >= 4 is 41.6 Å². The van der Waals surface area contributed by atoms with Gasteiger partial charge in [-0.1, -0.05) is 6.42 Å². The molecule has 0 aromatic heterocycles. The van der Waals surface area contributed by atoms with E-state index in [0.717, 1.165) is 31.4 Å². The summed E-state index contributed by atoms with van der Waals surface area (Å²) in [6.07, 6.45) is 3.23. The molecule has 0 aliphatic heterocycles. The van der Waals surface area contributed by atoms with E-state index in [2.05, 4.69) is 21.2 Å². The maximum atomic E-state index is 13.8. The highest BCUT2D eigenvalue weighted by Gasteiger charge is 2.23. The van der Waals surface area contributed by atoms with Crippen molar-refractivity contribution in [2.75, 3.05) is 6.54 Å². The molecule has 0 radical (unpaired) electrons. The SMILES string of the molecule is O=C(NCC1CCC1)c1cc(S(=O)(=O)Cl)c(Br)cc1F. The summed E-state index contributed by atoms with van der Waals surface area (Å²) >= 11 is 2.91. The molecule has 0 spiro atoms. The van der Waals surface area contributed by atoms with Crippen LogP contribution in [0.25, 0.3) is 0 Å². The zero-order valence-electron chi connectivity index (χ0n) is 10.3. The minimum Gasteiger partial charge on any atom is -0.352 e. The third kappa shape index (κ3) is 3.51. The Morgan fingerprint density at radius 2 is 2.10 bits per heavy atom. The van der Waals surface area contributed by atoms with E-state index in [1.54, 1.807) is 0 Å². The van der Waals surface area contributed by atoms with Crippen molar-refractivity contribution in [3.8, 4) is 0 Å². The normalized spacial score (nSPS) is 15.8. The summed E-state index contributed by atoms with van der Waals surface area (Å²) in [5.41, 5.74) is -0.327. The van der Waals surface area contributed by atoms with Crippen molar-refractivity contribution in [3.63, 3.8) is 0 Å². The predicted molar refractivity (Wildman–Crippen MR) is 76.8 cm³/mol. The summed E-state index contributed by atoms with van der Waals surface area (Å²) in [6, 6.07) is 1.87. The summed E-state index contributed by atoms with van der Waals surface area (Å²) in [6.45, 7) is 0.470. The minimum absolute atomic E-state index is 0.0134. The van der Waals surface area contributed by atoms with Crippen LogP contribution in [-0.2, 0) is 9.05 Å². The molecule has 110 valence electrons. The number of halogens is 3. The van der Waals surface area contributed by atoms with Crippen LogP contribution < -0.4 is 5.32 Å². The standard InChI is InChI=1S/C12H12BrClFNO3S/c13-9-5-10(15)8(4-11(9)20(14,18)19)12(17)16-6-7-2-1-3-7/h4-5,7H,1-3,6H2,(H,16,17). The van der Waals surface area contributed by atoms with Gasteiger partial charge < -0.3 is 5.32 Å². The van der Waals surface area contributed by atoms with Gasteiger partial charge in [0.15, 0.2) is 0 Å². The molecule has 1 saturated carbocycles. The maximum Gasteiger partial charge on any atom is 0.262 e. The van der Waals surface area contributed by atoms with E-state index >= 15 is 0 Å². The summed E-state index contributed by atoms with van der Waals surface area (Å²) in [5.74, 6) is -1.01. The average Bonchev–Trinajstić information content (AvgIpc) is 2.24. The van der Waals surface area contributed by atoms with E-state index in [1.165, 1.54) is 0 Å². The molecule has 0 saturated heterocycles. The number of carbonyl (C=O) groups excluding carboxylic acids is 1. The highest BCUT2D eigenvalue weighted by Crippen LogP contribution is 2.28. The molecule has 1 fully saturated rings. The van der Waals surface area contributed by atoms with Gasteiger partial charge in [-0.2, -0.15) is 0 Å². The van der Waals surface area contributed by atoms with Crippen LogP contribution in [0.1, 0.15) is 29.6 Å². The topological polar surface area (TPSA) is 63.2 Å². The molecular weight excluding hydrogens is 373 g/mol. The van der Waals surface area contributed by atoms with Gasteiger partial charge in [-0.3, -0.25) is 4.79 Å². The smallest absolute Gasteiger partial charge is 0.262 e. The number of carbonyl (C=O) groups is 1. The van der Waals surface area contributed by atoms with E-state index in [-0.39, 0.29) is 14.9 Å². The first-order valence-electron chi connectivity index (χ1n) is 6.01. The fraction of sp³-hybridized carbons (Fsp3) is 0.417. The van der Waals surface area contributed by atoms with Gasteiger partial charge in [-0.25, -0.2) is 12.8 Å². The molecule has 8 heteroatoms. The van der Waals surface area contributed by atoms with Crippen LogP contribution >= 0.6 is 26.6 Å². The van der Waals surface area contributed by atoms with E-state index in [9.17, 15) is 17.6 Å². The molecule has 20 heavy (non-hydrogen) atoms. The van der Waals surface area contributed by atoms with Crippen LogP contribution in [0.2, 0.25) is 0 Å². The Morgan fingerprint density at radius 1 is 1.45 bits per heavy atom. The van der Waals surface area contributed by atoms with Crippen molar-refractivity contribution in [2.45, 2.75) is 24.2 Å². The van der Waals surface area contributed by atoms with E-state index in [4.69, 9.17) is 10.7 Å². The fourth-order valence-corrected chi connectivity index (χ4v) is 4.09. The highest BCUT2D eigenvalue weighted by atomic mass is 79.9. The first-order chi connectivity index (χ1) is 9.29. The molecule has 1 aliphatic carbocycles. The third-order valence-corrected chi connectivity index (χ3v) is 5.59. The predicted octanol–water partition coefficient (Wildman–Crippen LogP) is 3.05. The largest absolute Gasteiger partial charge is 0.352 e. The van der Waals surface area contributed by atoms with Gasteiger partial charge in [-0.15, -0.1) is 0 Å². The fourth-order valence-electron chi connectivity index (χ4n) is 1.92. The number of hydrogen-bond donors (Lipinski definition) is 1. The van der Waals surface area contributed by atoms with Crippen molar-refractivity contribution in [3.05, 3.63) is 28.0 Å². The summed E-state index contributed by atoms with van der Waals surface area (Å²) < 4.78 is 36.4. The van der Waals surface area contributed by atoms with Gasteiger partial charge in [-0.05, 0) is 46.8 Å². The number of hydrogen-bond acceptors (Lipinski definition) is 3. The zero-order valence-corrected chi connectivity index (χ0v) is 13.5. The Balaban J connectivity index is 2.23. The van der Waals surface area contributed by atoms with Crippen molar-refractivity contribution in [1.82, 2.24) is 5.32 Å². The monoisotopic (exact) mass is 383 g/mol. The number of amides is 1. The zero-order chi connectivity index (χ0) is 14.9. The van der Waals surface area contributed by atoms with E-state index < -0.39 is 20.8 Å². The van der Waals surface area contributed by atoms with Gasteiger partial charge >= 0.3 is 0 Å². The number of rotatable bonds is 4. The van der Waals surface area contributed by atoms with Crippen LogP contribution in [0.5, 0.6) is 0 Å². The molecule has 1 aromatic carbocycles. The third-order valence-electron chi connectivity index (χ3n) is 3.30. The summed E-state index contributed by atoms with van der Waals surface area (Å²) in [7, 11) is 1.19. The second kappa shape index (κ2) is 5.99. The quantitative estimate of drug-likeness (QED) is 0.812. The Kier molecular flexibility index (Phi) is 4.71. The van der Waals surface area contributed by atoms with Gasteiger partial charge in [0.1, 0.15) is 5.82 Å². The molecular formula is C12H12BrClFNO3S. The number of benzene rings is 1. The molecule has 0 atom stereocenters. The Morgan fingerprint density at radius 3 is 2.60 bits per heavy atom. The van der Waals surface area contributed by atoms with Gasteiger partial charge in [0.25, 0.3) is 15.0 Å². The first kappa shape index (κ1) is 15.7. The number of nitrogens with one attached hydrogen (secondary N) is 1. The van der Waals surface area contributed by atoms with Crippen LogP contribution in [0.15, 0.2) is 21.5 Å². The lowest BCUT2D eigenvalue weighted by Gasteiger charge is -2.25. The molecule has 4 nitrogen and oxygen atoms in total. The highest BCUT2D eigenvalue weighted by molar-refractivity contribution is 9.10. The van der Waals surface area contributed by atoms with Gasteiger partial charge in [0.05, 0.1) is 10.5 Å². The molecule has 1 aliphatic rings. The minimum atomic E-state index is -4.05. The van der Waals surface area contributed by atoms with Crippen molar-refractivity contribution in [2.24, 2.45) is 5.92 Å². The Hall–Kier alpha value is -0.660. The van der Waals surface area contributed by atoms with Crippen molar-refractivity contribution < 1.29 is 17.6 Å². The Bertz CT molecular complexity index is 646. The lowest BCUT2D eigenvalue weighted by molar-refractivity contribution is 0.0934. The average molecular weight is 385 g/mol. The summed E-state index contributed by atoms with van der Waals surface area (Å²) in [4.78, 5) is 11.6. The maximum absolute atomic E-state index is 13.8. The van der Waals surface area contributed by atoms with Crippen LogP contribution in [0.4, 0.5) is 4.39 Å². The molecule has 0 unspecified atom stereocenters. The Labute approximate surface area is 129 Å². The van der Waals surface area contributed by atoms with E-state index in [0.29, 0.717) is 12.5 Å². The molecule has 1 N–H and O–H groups in total. The molecule has 1 aromatic rings. The lowest BCUT2D eigenvalue weighted by atomic mass is 9.85. The molecule has 2 rings (SSSR count). The van der Waals surface area contributed by atoms with Crippen LogP contribution in [0.3, 0.4) is 0 Å².